The van der Waals surface area contributed by atoms with Crippen LogP contribution in [0.5, 0.6) is 0 Å². The number of hydrogen-bond acceptors (Lipinski definition) is 3. The summed E-state index contributed by atoms with van der Waals surface area (Å²) >= 11 is 0. The Hall–Kier alpha value is -1.31. The molecule has 1 aromatic rings. The van der Waals surface area contributed by atoms with E-state index in [1.165, 1.54) is 70.3 Å². The summed E-state index contributed by atoms with van der Waals surface area (Å²) in [4.78, 5) is 5.47. The monoisotopic (exact) mass is 338 g/mol. The van der Waals surface area contributed by atoms with E-state index in [0.29, 0.717) is 5.54 Å². The Kier molecular flexibility index (Phi) is 3.73. The van der Waals surface area contributed by atoms with Crippen LogP contribution in [0.15, 0.2) is 12.3 Å². The van der Waals surface area contributed by atoms with Gasteiger partial charge >= 0.3 is 0 Å². The van der Waals surface area contributed by atoms with Crippen LogP contribution >= 0.6 is 0 Å². The van der Waals surface area contributed by atoms with Gasteiger partial charge in [0.2, 0.25) is 0 Å². The van der Waals surface area contributed by atoms with Crippen LogP contribution in [0.2, 0.25) is 0 Å². The first-order valence-electron chi connectivity index (χ1n) is 10.2. The molecular weight excluding hydrogens is 308 g/mol. The van der Waals surface area contributed by atoms with Gasteiger partial charge in [-0.2, -0.15) is 5.26 Å². The predicted octanol–water partition coefficient (Wildman–Crippen LogP) is 2.98. The number of hydrogen-bond donors (Lipinski definition) is 0. The van der Waals surface area contributed by atoms with Gasteiger partial charge in [-0.25, -0.2) is 0 Å². The van der Waals surface area contributed by atoms with Gasteiger partial charge in [-0.05, 0) is 67.9 Å². The fourth-order valence-electron chi connectivity index (χ4n) is 6.92. The first kappa shape index (κ1) is 15.9. The fraction of sp³-hybridized carbons (Fsp3) is 0.762. The van der Waals surface area contributed by atoms with Crippen molar-refractivity contribution >= 4 is 0 Å². The largest absolute Gasteiger partial charge is 0.342 e. The van der Waals surface area contributed by atoms with Gasteiger partial charge in [0, 0.05) is 51.5 Å². The number of rotatable bonds is 3. The van der Waals surface area contributed by atoms with Gasteiger partial charge in [0.1, 0.15) is 11.8 Å². The Morgan fingerprint density at radius 3 is 2.16 bits per heavy atom. The molecule has 4 bridgehead atoms. The van der Waals surface area contributed by atoms with Crippen molar-refractivity contribution < 1.29 is 0 Å². The van der Waals surface area contributed by atoms with Crippen molar-refractivity contribution in [1.29, 1.82) is 5.26 Å². The topological polar surface area (TPSA) is 35.2 Å². The number of aryl methyl sites for hydroxylation is 1. The van der Waals surface area contributed by atoms with Crippen LogP contribution in [0.1, 0.15) is 49.8 Å². The SMILES string of the molecule is Cn1cc(CN2CCN(C34CC5CC(CC(C5)C3)C4)CC2)cc1C#N. The molecule has 4 heteroatoms. The highest BCUT2D eigenvalue weighted by atomic mass is 15.3. The van der Waals surface area contributed by atoms with Gasteiger partial charge in [0.15, 0.2) is 0 Å². The molecular formula is C21H30N4. The Morgan fingerprint density at radius 1 is 1.04 bits per heavy atom. The molecule has 4 nitrogen and oxygen atoms in total. The molecule has 1 aliphatic heterocycles. The van der Waals surface area contributed by atoms with Gasteiger partial charge < -0.3 is 4.57 Å². The lowest BCUT2D eigenvalue weighted by Crippen LogP contribution is -2.63. The minimum Gasteiger partial charge on any atom is -0.342 e. The maximum absolute atomic E-state index is 9.13. The van der Waals surface area contributed by atoms with Crippen molar-refractivity contribution in [3.63, 3.8) is 0 Å². The summed E-state index contributed by atoms with van der Waals surface area (Å²) in [5, 5.41) is 9.13. The Bertz CT molecular complexity index is 654. The molecule has 4 aliphatic carbocycles. The van der Waals surface area contributed by atoms with Crippen molar-refractivity contribution in [3.05, 3.63) is 23.5 Å². The second kappa shape index (κ2) is 5.86. The molecule has 0 spiro atoms. The van der Waals surface area contributed by atoms with Gasteiger partial charge in [-0.3, -0.25) is 9.80 Å². The third-order valence-electron chi connectivity index (χ3n) is 7.63. The van der Waals surface area contributed by atoms with Crippen molar-refractivity contribution in [2.75, 3.05) is 26.2 Å². The molecule has 0 radical (unpaired) electrons. The van der Waals surface area contributed by atoms with Crippen LogP contribution in [0.25, 0.3) is 0 Å². The normalized spacial score (nSPS) is 38.2. The van der Waals surface area contributed by atoms with E-state index < -0.39 is 0 Å². The second-order valence-corrected chi connectivity index (χ2v) is 9.36. The van der Waals surface area contributed by atoms with E-state index in [0.717, 1.165) is 30.0 Å². The molecule has 4 saturated carbocycles. The maximum atomic E-state index is 9.13. The zero-order chi connectivity index (χ0) is 17.0. The van der Waals surface area contributed by atoms with Gasteiger partial charge in [-0.15, -0.1) is 0 Å². The first-order valence-corrected chi connectivity index (χ1v) is 10.2. The van der Waals surface area contributed by atoms with Gasteiger partial charge in [0.25, 0.3) is 0 Å². The molecule has 0 unspecified atom stereocenters. The maximum Gasteiger partial charge on any atom is 0.120 e. The summed E-state index contributed by atoms with van der Waals surface area (Å²) in [5.74, 6) is 3.12. The van der Waals surface area contributed by atoms with E-state index in [1.807, 2.05) is 17.7 Å². The smallest absolute Gasteiger partial charge is 0.120 e. The Balaban J connectivity index is 1.22. The van der Waals surface area contributed by atoms with Crippen molar-refractivity contribution in [2.45, 2.75) is 50.6 Å². The van der Waals surface area contributed by atoms with Crippen molar-refractivity contribution in [3.8, 4) is 6.07 Å². The molecule has 1 aromatic heterocycles. The summed E-state index contributed by atoms with van der Waals surface area (Å²) in [5.41, 5.74) is 2.62. The molecule has 6 rings (SSSR count). The minimum absolute atomic E-state index is 0.571. The van der Waals surface area contributed by atoms with Gasteiger partial charge in [0.05, 0.1) is 0 Å². The van der Waals surface area contributed by atoms with E-state index in [1.54, 1.807) is 0 Å². The summed E-state index contributed by atoms with van der Waals surface area (Å²) in [7, 11) is 1.97. The van der Waals surface area contributed by atoms with E-state index in [2.05, 4.69) is 22.1 Å². The summed E-state index contributed by atoms with van der Waals surface area (Å²) in [6, 6.07) is 4.32. The molecule has 1 saturated heterocycles. The van der Waals surface area contributed by atoms with Crippen LogP contribution in [-0.4, -0.2) is 46.1 Å². The lowest BCUT2D eigenvalue weighted by Gasteiger charge is -2.61. The van der Waals surface area contributed by atoms with E-state index in [4.69, 9.17) is 5.26 Å². The van der Waals surface area contributed by atoms with E-state index >= 15 is 0 Å². The average molecular weight is 338 g/mol. The third kappa shape index (κ3) is 2.73. The first-order chi connectivity index (χ1) is 12.1. The highest BCUT2D eigenvalue weighted by molar-refractivity contribution is 5.28. The zero-order valence-corrected chi connectivity index (χ0v) is 15.5. The van der Waals surface area contributed by atoms with Crippen LogP contribution in [0.3, 0.4) is 0 Å². The number of piperazine rings is 1. The zero-order valence-electron chi connectivity index (χ0n) is 15.5. The van der Waals surface area contributed by atoms with E-state index in [-0.39, 0.29) is 0 Å². The summed E-state index contributed by atoms with van der Waals surface area (Å²) < 4.78 is 1.95. The summed E-state index contributed by atoms with van der Waals surface area (Å²) in [6.45, 7) is 5.83. The molecule has 2 heterocycles. The fourth-order valence-corrected chi connectivity index (χ4v) is 6.92. The molecule has 25 heavy (non-hydrogen) atoms. The highest BCUT2D eigenvalue weighted by Gasteiger charge is 2.53. The predicted molar refractivity (Wildman–Crippen MR) is 97.9 cm³/mol. The van der Waals surface area contributed by atoms with Crippen LogP contribution < -0.4 is 0 Å². The second-order valence-electron chi connectivity index (χ2n) is 9.36. The van der Waals surface area contributed by atoms with Crippen LogP contribution in [0.4, 0.5) is 0 Å². The highest BCUT2D eigenvalue weighted by Crippen LogP contribution is 2.57. The summed E-state index contributed by atoms with van der Waals surface area (Å²) in [6.07, 6.45) is 11.2. The van der Waals surface area contributed by atoms with Crippen LogP contribution in [0, 0.1) is 29.1 Å². The Morgan fingerprint density at radius 2 is 1.64 bits per heavy atom. The molecule has 0 aromatic carbocycles. The minimum atomic E-state index is 0.571. The molecule has 134 valence electrons. The van der Waals surface area contributed by atoms with Crippen LogP contribution in [-0.2, 0) is 13.6 Å². The molecule has 0 atom stereocenters. The number of aromatic nitrogens is 1. The van der Waals surface area contributed by atoms with Crippen molar-refractivity contribution in [2.24, 2.45) is 24.8 Å². The molecule has 0 N–H and O–H groups in total. The molecule has 5 fully saturated rings. The lowest BCUT2D eigenvalue weighted by atomic mass is 9.52. The third-order valence-corrected chi connectivity index (χ3v) is 7.63. The van der Waals surface area contributed by atoms with Gasteiger partial charge in [-0.1, -0.05) is 0 Å². The molecule has 5 aliphatic rings. The van der Waals surface area contributed by atoms with E-state index in [9.17, 15) is 0 Å². The quantitative estimate of drug-likeness (QED) is 0.850. The number of nitrogens with zero attached hydrogens (tertiary/aromatic N) is 4. The lowest BCUT2D eigenvalue weighted by molar-refractivity contribution is -0.101. The Labute approximate surface area is 151 Å². The van der Waals surface area contributed by atoms with Crippen molar-refractivity contribution in [1.82, 2.24) is 14.4 Å². The number of nitriles is 1. The molecule has 0 amide bonds. The average Bonchev–Trinajstić information content (AvgIpc) is 2.93. The standard InChI is InChI=1S/C21H30N4/c1-23-14-19(9-20(23)13-22)15-24-2-4-25(5-3-24)21-10-16-6-17(11-21)8-18(7-16)12-21/h9,14,16-18H,2-8,10-12,15H2,1H3.